The summed E-state index contributed by atoms with van der Waals surface area (Å²) in [6.07, 6.45) is 2.26. The Morgan fingerprint density at radius 2 is 2.21 bits per heavy atom. The second kappa shape index (κ2) is 6.99. The van der Waals surface area contributed by atoms with Gasteiger partial charge in [0.2, 0.25) is 0 Å². The molecule has 1 aliphatic rings. The van der Waals surface area contributed by atoms with E-state index < -0.39 is 0 Å². The van der Waals surface area contributed by atoms with Crippen LogP contribution in [-0.4, -0.2) is 38.8 Å². The Morgan fingerprint density at radius 3 is 2.84 bits per heavy atom. The van der Waals surface area contributed by atoms with Crippen molar-refractivity contribution in [2.24, 2.45) is 0 Å². The van der Waals surface area contributed by atoms with Gasteiger partial charge >= 0.3 is 0 Å². The van der Waals surface area contributed by atoms with Gasteiger partial charge in [-0.25, -0.2) is 0 Å². The maximum atomic E-state index is 11.6. The highest BCUT2D eigenvalue weighted by atomic mass is 16.5. The Bertz CT molecular complexity index is 400. The molecule has 5 heteroatoms. The average molecular weight is 264 g/mol. The van der Waals surface area contributed by atoms with E-state index in [1.165, 1.54) is 0 Å². The van der Waals surface area contributed by atoms with Gasteiger partial charge in [0.15, 0.2) is 6.61 Å². The molecule has 1 aromatic carbocycles. The Hall–Kier alpha value is -1.75. The number of carbonyl (C=O) groups is 1. The summed E-state index contributed by atoms with van der Waals surface area (Å²) >= 11 is 0. The molecule has 0 aliphatic carbocycles. The average Bonchev–Trinajstić information content (AvgIpc) is 2.96. The van der Waals surface area contributed by atoms with Crippen LogP contribution in [0.2, 0.25) is 0 Å². The monoisotopic (exact) mass is 264 g/mol. The fraction of sp³-hybridized carbons (Fsp3) is 0.500. The van der Waals surface area contributed by atoms with Crippen molar-refractivity contribution < 1.29 is 14.3 Å². The first-order valence-corrected chi connectivity index (χ1v) is 6.57. The van der Waals surface area contributed by atoms with Gasteiger partial charge in [-0.1, -0.05) is 0 Å². The molecule has 2 N–H and O–H groups in total. The van der Waals surface area contributed by atoms with Crippen LogP contribution in [0.4, 0.5) is 5.69 Å². The molecule has 0 radical (unpaired) electrons. The summed E-state index contributed by atoms with van der Waals surface area (Å²) in [7, 11) is 1.86. The summed E-state index contributed by atoms with van der Waals surface area (Å²) in [5.74, 6) is 0.569. The molecule has 1 atom stereocenters. The highest BCUT2D eigenvalue weighted by molar-refractivity contribution is 5.77. The number of carbonyl (C=O) groups excluding carboxylic acids is 1. The molecule has 0 bridgehead atoms. The molecule has 1 heterocycles. The van der Waals surface area contributed by atoms with Crippen molar-refractivity contribution in [2.75, 3.05) is 32.1 Å². The number of ether oxygens (including phenoxy) is 2. The molecular weight excluding hydrogens is 244 g/mol. The maximum absolute atomic E-state index is 11.6. The molecule has 104 valence electrons. The van der Waals surface area contributed by atoms with E-state index in [9.17, 15) is 4.79 Å². The normalized spacial score (nSPS) is 18.1. The van der Waals surface area contributed by atoms with Crippen LogP contribution < -0.4 is 15.4 Å². The van der Waals surface area contributed by atoms with Crippen LogP contribution in [0, 0.1) is 0 Å². The van der Waals surface area contributed by atoms with E-state index >= 15 is 0 Å². The summed E-state index contributed by atoms with van der Waals surface area (Å²) in [5, 5.41) is 5.84. The third-order valence-corrected chi connectivity index (χ3v) is 3.06. The minimum Gasteiger partial charge on any atom is -0.484 e. The molecule has 0 saturated carbocycles. The predicted molar refractivity (Wildman–Crippen MR) is 73.5 cm³/mol. The van der Waals surface area contributed by atoms with Crippen LogP contribution in [-0.2, 0) is 9.53 Å². The first kappa shape index (κ1) is 13.7. The standard InChI is InChI=1S/C14H20N2O3/c1-15-11-4-6-12(7-5-11)19-10-14(17)16-9-13-3-2-8-18-13/h4-7,13,15H,2-3,8-10H2,1H3,(H,16,17). The molecule has 1 aliphatic heterocycles. The lowest BCUT2D eigenvalue weighted by atomic mass is 10.2. The zero-order valence-electron chi connectivity index (χ0n) is 11.1. The fourth-order valence-corrected chi connectivity index (χ4v) is 1.95. The SMILES string of the molecule is CNc1ccc(OCC(=O)NCC2CCCO2)cc1. The van der Waals surface area contributed by atoms with Gasteiger partial charge < -0.3 is 20.1 Å². The Balaban J connectivity index is 1.67. The number of rotatable bonds is 6. The molecule has 1 unspecified atom stereocenters. The summed E-state index contributed by atoms with van der Waals surface area (Å²) in [6, 6.07) is 7.47. The van der Waals surface area contributed by atoms with Gasteiger partial charge in [0, 0.05) is 25.9 Å². The smallest absolute Gasteiger partial charge is 0.258 e. The Morgan fingerprint density at radius 1 is 1.42 bits per heavy atom. The van der Waals surface area contributed by atoms with Crippen molar-refractivity contribution >= 4 is 11.6 Å². The number of hydrogen-bond donors (Lipinski definition) is 2. The van der Waals surface area contributed by atoms with Crippen molar-refractivity contribution in [3.05, 3.63) is 24.3 Å². The Kier molecular flexibility index (Phi) is 5.03. The number of nitrogens with one attached hydrogen (secondary N) is 2. The highest BCUT2D eigenvalue weighted by Crippen LogP contribution is 2.15. The molecule has 19 heavy (non-hydrogen) atoms. The second-order valence-corrected chi connectivity index (χ2v) is 4.50. The largest absolute Gasteiger partial charge is 0.484 e. The van der Waals surface area contributed by atoms with E-state index in [4.69, 9.17) is 9.47 Å². The van der Waals surface area contributed by atoms with E-state index in [0.29, 0.717) is 12.3 Å². The molecule has 1 fully saturated rings. The third-order valence-electron chi connectivity index (χ3n) is 3.06. The number of anilines is 1. The number of hydrogen-bond acceptors (Lipinski definition) is 4. The maximum Gasteiger partial charge on any atom is 0.258 e. The van der Waals surface area contributed by atoms with E-state index in [1.54, 1.807) is 0 Å². The summed E-state index contributed by atoms with van der Waals surface area (Å²) in [4.78, 5) is 11.6. The molecule has 1 amide bonds. The van der Waals surface area contributed by atoms with Crippen molar-refractivity contribution in [3.8, 4) is 5.75 Å². The van der Waals surface area contributed by atoms with Crippen LogP contribution in [0.5, 0.6) is 5.75 Å². The molecule has 1 aromatic rings. The molecule has 0 spiro atoms. The summed E-state index contributed by atoms with van der Waals surface area (Å²) < 4.78 is 10.8. The number of amides is 1. The van der Waals surface area contributed by atoms with Crippen molar-refractivity contribution in [2.45, 2.75) is 18.9 Å². The van der Waals surface area contributed by atoms with Gasteiger partial charge in [0.05, 0.1) is 6.10 Å². The first-order chi connectivity index (χ1) is 9.28. The van der Waals surface area contributed by atoms with Crippen molar-refractivity contribution in [3.63, 3.8) is 0 Å². The summed E-state index contributed by atoms with van der Waals surface area (Å²) in [6.45, 7) is 1.40. The molecule has 2 rings (SSSR count). The van der Waals surface area contributed by atoms with Gasteiger partial charge in [-0.2, -0.15) is 0 Å². The third kappa shape index (κ3) is 4.44. The van der Waals surface area contributed by atoms with E-state index in [-0.39, 0.29) is 18.6 Å². The van der Waals surface area contributed by atoms with E-state index in [1.807, 2.05) is 31.3 Å². The molecular formula is C14H20N2O3. The lowest BCUT2D eigenvalue weighted by molar-refractivity contribution is -0.123. The highest BCUT2D eigenvalue weighted by Gasteiger charge is 2.16. The lowest BCUT2D eigenvalue weighted by Gasteiger charge is -2.11. The fourth-order valence-electron chi connectivity index (χ4n) is 1.95. The minimum atomic E-state index is -0.117. The molecule has 1 saturated heterocycles. The van der Waals surface area contributed by atoms with Crippen LogP contribution in [0.3, 0.4) is 0 Å². The number of benzene rings is 1. The topological polar surface area (TPSA) is 59.6 Å². The zero-order valence-corrected chi connectivity index (χ0v) is 11.1. The van der Waals surface area contributed by atoms with Crippen molar-refractivity contribution in [1.82, 2.24) is 5.32 Å². The second-order valence-electron chi connectivity index (χ2n) is 4.50. The molecule has 5 nitrogen and oxygen atoms in total. The van der Waals surface area contributed by atoms with Crippen LogP contribution in [0.25, 0.3) is 0 Å². The van der Waals surface area contributed by atoms with Crippen LogP contribution in [0.15, 0.2) is 24.3 Å². The minimum absolute atomic E-state index is 0.0334. The quantitative estimate of drug-likeness (QED) is 0.815. The van der Waals surface area contributed by atoms with Gasteiger partial charge in [-0.05, 0) is 37.1 Å². The first-order valence-electron chi connectivity index (χ1n) is 6.57. The van der Waals surface area contributed by atoms with Gasteiger partial charge in [-0.15, -0.1) is 0 Å². The zero-order chi connectivity index (χ0) is 13.5. The van der Waals surface area contributed by atoms with Crippen molar-refractivity contribution in [1.29, 1.82) is 0 Å². The predicted octanol–water partition coefficient (Wildman–Crippen LogP) is 1.40. The summed E-state index contributed by atoms with van der Waals surface area (Å²) in [5.41, 5.74) is 1.01. The molecule has 0 aromatic heterocycles. The van der Waals surface area contributed by atoms with E-state index in [2.05, 4.69) is 10.6 Å². The lowest BCUT2D eigenvalue weighted by Crippen LogP contribution is -2.35. The van der Waals surface area contributed by atoms with Gasteiger partial charge in [-0.3, -0.25) is 4.79 Å². The van der Waals surface area contributed by atoms with E-state index in [0.717, 1.165) is 25.1 Å². The van der Waals surface area contributed by atoms with Crippen LogP contribution in [0.1, 0.15) is 12.8 Å². The van der Waals surface area contributed by atoms with Gasteiger partial charge in [0.1, 0.15) is 5.75 Å². The Labute approximate surface area is 113 Å². The van der Waals surface area contributed by atoms with Gasteiger partial charge in [0.25, 0.3) is 5.91 Å². The van der Waals surface area contributed by atoms with Crippen LogP contribution >= 0.6 is 0 Å².